The van der Waals surface area contributed by atoms with E-state index >= 15 is 0 Å². The van der Waals surface area contributed by atoms with Crippen LogP contribution in [0.4, 0.5) is 15.8 Å². The minimum atomic E-state index is -0.540. The summed E-state index contributed by atoms with van der Waals surface area (Å²) in [4.78, 5) is 37.6. The summed E-state index contributed by atoms with van der Waals surface area (Å²) in [5.74, 6) is -1.07. The molecule has 7 heteroatoms. The van der Waals surface area contributed by atoms with E-state index in [1.807, 2.05) is 0 Å². The van der Waals surface area contributed by atoms with Crippen LogP contribution in [0, 0.1) is 5.82 Å². The molecule has 0 radical (unpaired) electrons. The van der Waals surface area contributed by atoms with Crippen LogP contribution in [0.5, 0.6) is 0 Å². The molecule has 1 unspecified atom stereocenters. The maximum absolute atomic E-state index is 14.1. The molecule has 0 aliphatic carbocycles. The predicted molar refractivity (Wildman–Crippen MR) is 84.8 cm³/mol. The van der Waals surface area contributed by atoms with Crippen LogP contribution in [-0.4, -0.2) is 38.4 Å². The van der Waals surface area contributed by atoms with Crippen molar-refractivity contribution in [1.82, 2.24) is 5.32 Å². The normalized spacial score (nSPS) is 17.7. The fourth-order valence-electron chi connectivity index (χ4n) is 2.89. The van der Waals surface area contributed by atoms with Crippen molar-refractivity contribution in [2.24, 2.45) is 0 Å². The Morgan fingerprint density at radius 2 is 2.04 bits per heavy atom. The Hall–Kier alpha value is -2.44. The number of anilines is 2. The van der Waals surface area contributed by atoms with Gasteiger partial charge in [-0.25, -0.2) is 4.39 Å². The average Bonchev–Trinajstić information content (AvgIpc) is 2.53. The Kier molecular flexibility index (Phi) is 4.98. The topological polar surface area (TPSA) is 69.7 Å². The Morgan fingerprint density at radius 1 is 1.35 bits per heavy atom. The van der Waals surface area contributed by atoms with Crippen molar-refractivity contribution in [2.75, 3.05) is 23.9 Å². The SMILES string of the molecule is CCc1c(F)ccc(N(C)C2CCC(=O)NC2=O)c1N(C)C=O. The van der Waals surface area contributed by atoms with Crippen LogP contribution in [-0.2, 0) is 20.8 Å². The van der Waals surface area contributed by atoms with Crippen molar-refractivity contribution in [3.8, 4) is 0 Å². The Balaban J connectivity index is 2.47. The quantitative estimate of drug-likeness (QED) is 0.654. The van der Waals surface area contributed by atoms with Crippen molar-refractivity contribution in [3.05, 3.63) is 23.5 Å². The van der Waals surface area contributed by atoms with Gasteiger partial charge in [0.05, 0.1) is 11.4 Å². The summed E-state index contributed by atoms with van der Waals surface area (Å²) < 4.78 is 14.1. The van der Waals surface area contributed by atoms with Crippen LogP contribution >= 0.6 is 0 Å². The summed E-state index contributed by atoms with van der Waals surface area (Å²) in [5, 5.41) is 2.31. The maximum Gasteiger partial charge on any atom is 0.249 e. The number of likely N-dealkylation sites (N-methyl/N-ethyl adjacent to an activating group) is 1. The molecular formula is C16H20FN3O3. The third kappa shape index (κ3) is 3.18. The number of carbonyl (C=O) groups is 3. The van der Waals surface area contributed by atoms with E-state index in [4.69, 9.17) is 0 Å². The third-order valence-electron chi connectivity index (χ3n) is 4.13. The smallest absolute Gasteiger partial charge is 0.249 e. The standard InChI is InChI=1S/C16H20FN3O3/c1-4-10-11(17)5-6-12(15(10)19(2)9-21)20(3)13-7-8-14(22)18-16(13)23/h5-6,9,13H,4,7-8H2,1-3H3,(H,18,22,23). The molecule has 1 heterocycles. The van der Waals surface area contributed by atoms with Crippen LogP contribution in [0.25, 0.3) is 0 Å². The second-order valence-electron chi connectivity index (χ2n) is 5.54. The zero-order chi connectivity index (χ0) is 17.1. The number of nitrogens with one attached hydrogen (secondary N) is 1. The van der Waals surface area contributed by atoms with Gasteiger partial charge in [-0.15, -0.1) is 0 Å². The number of imide groups is 1. The lowest BCUT2D eigenvalue weighted by Gasteiger charge is -2.34. The summed E-state index contributed by atoms with van der Waals surface area (Å²) in [6.07, 6.45) is 1.65. The first-order valence-corrected chi connectivity index (χ1v) is 7.46. The summed E-state index contributed by atoms with van der Waals surface area (Å²) in [6, 6.07) is 2.34. The van der Waals surface area contributed by atoms with Crippen LogP contribution in [0.2, 0.25) is 0 Å². The van der Waals surface area contributed by atoms with Gasteiger partial charge in [0.1, 0.15) is 11.9 Å². The highest BCUT2D eigenvalue weighted by molar-refractivity contribution is 6.02. The van der Waals surface area contributed by atoms with Gasteiger partial charge < -0.3 is 9.80 Å². The second kappa shape index (κ2) is 6.76. The molecule has 1 aromatic rings. The lowest BCUT2D eigenvalue weighted by Crippen LogP contribution is -2.51. The highest BCUT2D eigenvalue weighted by Crippen LogP contribution is 2.35. The summed E-state index contributed by atoms with van der Waals surface area (Å²) in [7, 11) is 3.25. The van der Waals surface area contributed by atoms with Gasteiger partial charge in [0.25, 0.3) is 0 Å². The van der Waals surface area contributed by atoms with Crippen molar-refractivity contribution in [1.29, 1.82) is 0 Å². The van der Waals surface area contributed by atoms with E-state index in [0.717, 1.165) is 0 Å². The van der Waals surface area contributed by atoms with Crippen molar-refractivity contribution in [3.63, 3.8) is 0 Å². The molecule has 1 atom stereocenters. The average molecular weight is 321 g/mol. The lowest BCUT2D eigenvalue weighted by molar-refractivity contribution is -0.134. The Morgan fingerprint density at radius 3 is 2.61 bits per heavy atom. The highest BCUT2D eigenvalue weighted by Gasteiger charge is 2.32. The largest absolute Gasteiger partial charge is 0.361 e. The number of carbonyl (C=O) groups excluding carboxylic acids is 3. The van der Waals surface area contributed by atoms with E-state index in [1.54, 1.807) is 32.0 Å². The molecule has 0 saturated carbocycles. The number of hydrogen-bond acceptors (Lipinski definition) is 4. The van der Waals surface area contributed by atoms with Gasteiger partial charge in [-0.1, -0.05) is 6.92 Å². The molecular weight excluding hydrogens is 301 g/mol. The van der Waals surface area contributed by atoms with Crippen molar-refractivity contribution >= 4 is 29.6 Å². The number of amides is 3. The van der Waals surface area contributed by atoms with Gasteiger partial charge in [0, 0.05) is 26.1 Å². The monoisotopic (exact) mass is 321 g/mol. The first kappa shape index (κ1) is 16.9. The zero-order valence-electron chi connectivity index (χ0n) is 13.4. The van der Waals surface area contributed by atoms with Gasteiger partial charge in [0.2, 0.25) is 18.2 Å². The van der Waals surface area contributed by atoms with E-state index in [9.17, 15) is 18.8 Å². The van der Waals surface area contributed by atoms with Crippen LogP contribution in [0.3, 0.4) is 0 Å². The molecule has 23 heavy (non-hydrogen) atoms. The molecule has 1 N–H and O–H groups in total. The Bertz CT molecular complexity index is 648. The molecule has 1 aromatic carbocycles. The molecule has 3 amide bonds. The van der Waals surface area contributed by atoms with Crippen LogP contribution < -0.4 is 15.1 Å². The lowest BCUT2D eigenvalue weighted by atomic mass is 10.0. The fourth-order valence-corrected chi connectivity index (χ4v) is 2.89. The first-order valence-electron chi connectivity index (χ1n) is 7.46. The van der Waals surface area contributed by atoms with E-state index in [1.165, 1.54) is 11.0 Å². The molecule has 0 spiro atoms. The minimum Gasteiger partial charge on any atom is -0.361 e. The van der Waals surface area contributed by atoms with Crippen LogP contribution in [0.1, 0.15) is 25.3 Å². The third-order valence-corrected chi connectivity index (χ3v) is 4.13. The molecule has 0 bridgehead atoms. The molecule has 1 aliphatic rings. The molecule has 1 fully saturated rings. The number of piperidine rings is 1. The van der Waals surface area contributed by atoms with Gasteiger partial charge in [-0.05, 0) is 25.0 Å². The van der Waals surface area contributed by atoms with Crippen molar-refractivity contribution < 1.29 is 18.8 Å². The van der Waals surface area contributed by atoms with Crippen molar-refractivity contribution in [2.45, 2.75) is 32.2 Å². The molecule has 2 rings (SSSR count). The number of benzene rings is 1. The van der Waals surface area contributed by atoms with E-state index in [2.05, 4.69) is 5.32 Å². The fraction of sp³-hybridized carbons (Fsp3) is 0.438. The zero-order valence-corrected chi connectivity index (χ0v) is 13.4. The van der Waals surface area contributed by atoms with Gasteiger partial charge in [-0.2, -0.15) is 0 Å². The second-order valence-corrected chi connectivity index (χ2v) is 5.54. The van der Waals surface area contributed by atoms with Gasteiger partial charge >= 0.3 is 0 Å². The molecule has 6 nitrogen and oxygen atoms in total. The first-order chi connectivity index (χ1) is 10.9. The summed E-state index contributed by atoms with van der Waals surface area (Å²) in [5.41, 5.74) is 1.43. The Labute approximate surface area is 134 Å². The number of hydrogen-bond donors (Lipinski definition) is 1. The van der Waals surface area contributed by atoms with Gasteiger partial charge in [-0.3, -0.25) is 19.7 Å². The molecule has 124 valence electrons. The molecule has 1 saturated heterocycles. The highest BCUT2D eigenvalue weighted by atomic mass is 19.1. The van der Waals surface area contributed by atoms with E-state index < -0.39 is 11.9 Å². The predicted octanol–water partition coefficient (Wildman–Crippen LogP) is 1.22. The van der Waals surface area contributed by atoms with E-state index in [0.29, 0.717) is 36.2 Å². The summed E-state index contributed by atoms with van der Waals surface area (Å²) in [6.45, 7) is 1.80. The van der Waals surface area contributed by atoms with Crippen LogP contribution in [0.15, 0.2) is 12.1 Å². The maximum atomic E-state index is 14.1. The molecule has 0 aromatic heterocycles. The number of halogens is 1. The number of nitrogens with zero attached hydrogens (tertiary/aromatic N) is 2. The van der Waals surface area contributed by atoms with Gasteiger partial charge in [0.15, 0.2) is 0 Å². The number of rotatable bonds is 5. The minimum absolute atomic E-state index is 0.251. The molecule has 1 aliphatic heterocycles. The summed E-state index contributed by atoms with van der Waals surface area (Å²) >= 11 is 0. The van der Waals surface area contributed by atoms with E-state index in [-0.39, 0.29) is 18.2 Å².